The molecule has 0 bridgehead atoms. The van der Waals surface area contributed by atoms with Crippen LogP contribution in [-0.4, -0.2) is 13.3 Å². The van der Waals surface area contributed by atoms with Gasteiger partial charge < -0.3 is 0 Å². The van der Waals surface area contributed by atoms with E-state index >= 15 is 0 Å². The van der Waals surface area contributed by atoms with Gasteiger partial charge in [0.05, 0.1) is 27.3 Å². The van der Waals surface area contributed by atoms with Gasteiger partial charge in [-0.05, 0) is 29.7 Å². The second kappa shape index (κ2) is 5.93. The number of anilines is 1. The van der Waals surface area contributed by atoms with Crippen molar-refractivity contribution < 1.29 is 13.3 Å². The van der Waals surface area contributed by atoms with Gasteiger partial charge in [0.25, 0.3) is 15.7 Å². The third-order valence-electron chi connectivity index (χ3n) is 4.38. The maximum Gasteiger partial charge on any atom is 0.269 e. The molecule has 0 N–H and O–H groups in total. The standard InChI is InChI=1S/C19H11N3O4S/c20-12-11-16(13-7-9-15(10-8-13)22(23)24)21-17-5-1-3-14-4-2-6-18(19(14)17)27(21,25)26/h1-11H. The Labute approximate surface area is 154 Å². The van der Waals surface area contributed by atoms with Crippen LogP contribution in [0.2, 0.25) is 0 Å². The van der Waals surface area contributed by atoms with Crippen LogP contribution in [0, 0.1) is 21.4 Å². The number of hydrogen-bond acceptors (Lipinski definition) is 5. The van der Waals surface area contributed by atoms with E-state index in [1.54, 1.807) is 18.2 Å². The van der Waals surface area contributed by atoms with Crippen LogP contribution in [0.5, 0.6) is 0 Å². The summed E-state index contributed by atoms with van der Waals surface area (Å²) in [6.07, 6.45) is 1.13. The number of benzene rings is 3. The van der Waals surface area contributed by atoms with Crippen LogP contribution in [0.1, 0.15) is 5.56 Å². The van der Waals surface area contributed by atoms with E-state index < -0.39 is 14.9 Å². The first-order valence-corrected chi connectivity index (χ1v) is 9.31. The van der Waals surface area contributed by atoms with Crippen molar-refractivity contribution in [3.05, 3.63) is 82.4 Å². The molecule has 0 aromatic heterocycles. The minimum absolute atomic E-state index is 0.121. The average molecular weight is 377 g/mol. The highest BCUT2D eigenvalue weighted by molar-refractivity contribution is 7.94. The van der Waals surface area contributed by atoms with Crippen LogP contribution < -0.4 is 4.31 Å². The number of non-ortho nitro benzene ring substituents is 1. The molecule has 0 saturated carbocycles. The second-order valence-corrected chi connectivity index (χ2v) is 7.62. The van der Waals surface area contributed by atoms with Gasteiger partial charge in [0.2, 0.25) is 0 Å². The predicted molar refractivity (Wildman–Crippen MR) is 100 cm³/mol. The summed E-state index contributed by atoms with van der Waals surface area (Å²) < 4.78 is 27.5. The highest BCUT2D eigenvalue weighted by Crippen LogP contribution is 2.45. The maximum atomic E-state index is 13.2. The third kappa shape index (κ3) is 2.45. The first kappa shape index (κ1) is 16.8. The lowest BCUT2D eigenvalue weighted by Gasteiger charge is -2.21. The lowest BCUT2D eigenvalue weighted by Crippen LogP contribution is -2.25. The molecule has 132 valence electrons. The molecule has 1 aliphatic heterocycles. The zero-order chi connectivity index (χ0) is 19.2. The number of nitro benzene ring substituents is 1. The summed E-state index contributed by atoms with van der Waals surface area (Å²) in [7, 11) is -3.91. The molecule has 0 atom stereocenters. The second-order valence-electron chi connectivity index (χ2n) is 5.86. The summed E-state index contributed by atoms with van der Waals surface area (Å²) in [5, 5.41) is 21.5. The summed E-state index contributed by atoms with van der Waals surface area (Å²) in [5.41, 5.74) is 0.847. The number of nitro groups is 1. The molecule has 0 aliphatic carbocycles. The van der Waals surface area contributed by atoms with Crippen LogP contribution in [-0.2, 0) is 10.0 Å². The fourth-order valence-electron chi connectivity index (χ4n) is 3.23. The maximum absolute atomic E-state index is 13.2. The van der Waals surface area contributed by atoms with Crippen molar-refractivity contribution in [1.29, 1.82) is 5.26 Å². The molecule has 0 spiro atoms. The Morgan fingerprint density at radius 1 is 1.07 bits per heavy atom. The minimum Gasteiger partial charge on any atom is -0.258 e. The number of nitrogens with zero attached hydrogens (tertiary/aromatic N) is 3. The van der Waals surface area contributed by atoms with Crippen LogP contribution in [0.3, 0.4) is 0 Å². The van der Waals surface area contributed by atoms with Crippen molar-refractivity contribution in [1.82, 2.24) is 0 Å². The molecule has 7 nitrogen and oxygen atoms in total. The predicted octanol–water partition coefficient (Wildman–Crippen LogP) is 3.82. The van der Waals surface area contributed by atoms with Crippen molar-refractivity contribution >= 4 is 37.9 Å². The van der Waals surface area contributed by atoms with Crippen LogP contribution in [0.15, 0.2) is 71.6 Å². The quantitative estimate of drug-likeness (QED) is 0.392. The molecule has 0 fully saturated rings. The normalized spacial score (nSPS) is 14.9. The lowest BCUT2D eigenvalue weighted by molar-refractivity contribution is -0.384. The van der Waals surface area contributed by atoms with Gasteiger partial charge in [0.15, 0.2) is 0 Å². The van der Waals surface area contributed by atoms with Crippen LogP contribution >= 0.6 is 0 Å². The number of allylic oxidation sites excluding steroid dienone is 1. The van der Waals surface area contributed by atoms with Gasteiger partial charge in [-0.15, -0.1) is 0 Å². The molecular weight excluding hydrogens is 366 g/mol. The Morgan fingerprint density at radius 3 is 2.37 bits per heavy atom. The van der Waals surface area contributed by atoms with E-state index in [0.717, 1.165) is 15.8 Å². The Kier molecular flexibility index (Phi) is 3.68. The molecule has 0 saturated heterocycles. The van der Waals surface area contributed by atoms with E-state index in [9.17, 15) is 23.8 Å². The van der Waals surface area contributed by atoms with Crippen LogP contribution in [0.4, 0.5) is 11.4 Å². The van der Waals surface area contributed by atoms with Gasteiger partial charge in [-0.1, -0.05) is 24.3 Å². The van der Waals surface area contributed by atoms with Crippen LogP contribution in [0.25, 0.3) is 16.5 Å². The smallest absolute Gasteiger partial charge is 0.258 e. The Balaban J connectivity index is 1.96. The molecule has 3 aromatic carbocycles. The van der Waals surface area contributed by atoms with E-state index in [4.69, 9.17) is 0 Å². The van der Waals surface area contributed by atoms with Crippen molar-refractivity contribution in [2.75, 3.05) is 4.31 Å². The first-order chi connectivity index (χ1) is 12.9. The first-order valence-electron chi connectivity index (χ1n) is 7.87. The zero-order valence-electron chi connectivity index (χ0n) is 13.7. The molecule has 0 amide bonds. The van der Waals surface area contributed by atoms with Gasteiger partial charge in [0.1, 0.15) is 0 Å². The topological polar surface area (TPSA) is 104 Å². The summed E-state index contributed by atoms with van der Waals surface area (Å²) in [6, 6.07) is 17.5. The molecule has 0 radical (unpaired) electrons. The number of rotatable bonds is 3. The monoisotopic (exact) mass is 377 g/mol. The zero-order valence-corrected chi connectivity index (χ0v) is 14.6. The van der Waals surface area contributed by atoms with E-state index in [0.29, 0.717) is 16.6 Å². The van der Waals surface area contributed by atoms with Gasteiger partial charge in [-0.3, -0.25) is 10.1 Å². The third-order valence-corrected chi connectivity index (χ3v) is 6.15. The van der Waals surface area contributed by atoms with E-state index in [2.05, 4.69) is 0 Å². The summed E-state index contributed by atoms with van der Waals surface area (Å²) in [5.74, 6) is 0. The highest BCUT2D eigenvalue weighted by Gasteiger charge is 2.38. The summed E-state index contributed by atoms with van der Waals surface area (Å²) in [6.45, 7) is 0. The minimum atomic E-state index is -3.91. The highest BCUT2D eigenvalue weighted by atomic mass is 32.2. The molecule has 4 rings (SSSR count). The van der Waals surface area contributed by atoms with Gasteiger partial charge in [-0.2, -0.15) is 5.26 Å². The molecular formula is C19H11N3O4S. The average Bonchev–Trinajstić information content (AvgIpc) is 2.89. The molecule has 1 heterocycles. The SMILES string of the molecule is N#CC=C(c1ccc([N+](=O)[O-])cc1)N1c2cccc3cccc(c23)S1(=O)=O. The molecule has 8 heteroatoms. The molecule has 3 aromatic rings. The molecule has 0 unspecified atom stereocenters. The van der Waals surface area contributed by atoms with Crippen molar-refractivity contribution in [3.8, 4) is 6.07 Å². The Bertz CT molecular complexity index is 1270. The number of sulfonamides is 1. The Morgan fingerprint density at radius 2 is 1.74 bits per heavy atom. The van der Waals surface area contributed by atoms with Gasteiger partial charge >= 0.3 is 0 Å². The molecule has 1 aliphatic rings. The largest absolute Gasteiger partial charge is 0.269 e. The van der Waals surface area contributed by atoms with Crippen molar-refractivity contribution in [2.45, 2.75) is 4.90 Å². The van der Waals surface area contributed by atoms with E-state index in [1.165, 1.54) is 30.3 Å². The fourth-order valence-corrected chi connectivity index (χ4v) is 4.99. The Hall–Kier alpha value is -3.70. The van der Waals surface area contributed by atoms with Crippen molar-refractivity contribution in [2.24, 2.45) is 0 Å². The van der Waals surface area contributed by atoms with E-state index in [-0.39, 0.29) is 16.3 Å². The lowest BCUT2D eigenvalue weighted by atomic mass is 10.1. The molecule has 27 heavy (non-hydrogen) atoms. The fraction of sp³-hybridized carbons (Fsp3) is 0. The summed E-state index contributed by atoms with van der Waals surface area (Å²) in [4.78, 5) is 10.5. The summed E-state index contributed by atoms with van der Waals surface area (Å²) >= 11 is 0. The number of nitriles is 1. The van der Waals surface area contributed by atoms with E-state index in [1.807, 2.05) is 18.2 Å². The number of hydrogen-bond donors (Lipinski definition) is 0. The van der Waals surface area contributed by atoms with Gasteiger partial charge in [-0.25, -0.2) is 12.7 Å². The van der Waals surface area contributed by atoms with Crippen molar-refractivity contribution in [3.63, 3.8) is 0 Å². The van der Waals surface area contributed by atoms with Gasteiger partial charge in [0, 0.05) is 29.2 Å².